The van der Waals surface area contributed by atoms with Gasteiger partial charge in [0.1, 0.15) is 0 Å². The lowest BCUT2D eigenvalue weighted by molar-refractivity contribution is 0.231. The molecule has 1 aliphatic carbocycles. The van der Waals surface area contributed by atoms with Gasteiger partial charge in [0.05, 0.1) is 10.2 Å². The molecular weight excluding hydrogens is 240 g/mol. The van der Waals surface area contributed by atoms with Crippen molar-refractivity contribution >= 4 is 21.6 Å². The van der Waals surface area contributed by atoms with Crippen LogP contribution >= 0.6 is 11.3 Å². The van der Waals surface area contributed by atoms with Gasteiger partial charge in [-0.2, -0.15) is 0 Å². The highest BCUT2D eigenvalue weighted by molar-refractivity contribution is 7.17. The molecule has 1 atom stereocenters. The van der Waals surface area contributed by atoms with Crippen LogP contribution in [-0.4, -0.2) is 11.5 Å². The molecule has 0 radical (unpaired) electrons. The number of hydrogen-bond donors (Lipinski definition) is 1. The quantitative estimate of drug-likeness (QED) is 0.874. The van der Waals surface area contributed by atoms with E-state index in [4.69, 9.17) is 0 Å². The van der Waals surface area contributed by atoms with E-state index in [2.05, 4.69) is 40.9 Å². The first-order valence-corrected chi connectivity index (χ1v) is 7.83. The van der Waals surface area contributed by atoms with Gasteiger partial charge in [0.25, 0.3) is 0 Å². The van der Waals surface area contributed by atoms with Crippen LogP contribution in [0.4, 0.5) is 0 Å². The molecule has 1 fully saturated rings. The summed E-state index contributed by atoms with van der Waals surface area (Å²) in [7, 11) is 0. The molecule has 0 bridgehead atoms. The average Bonchev–Trinajstić information content (AvgIpc) is 2.78. The molecule has 18 heavy (non-hydrogen) atoms. The first-order valence-electron chi connectivity index (χ1n) is 6.95. The molecule has 0 amide bonds. The minimum atomic E-state index is 0.512. The molecule has 0 saturated heterocycles. The Morgan fingerprint density at radius 3 is 3.11 bits per heavy atom. The predicted molar refractivity (Wildman–Crippen MR) is 78.0 cm³/mol. The summed E-state index contributed by atoms with van der Waals surface area (Å²) in [6.45, 7) is 3.33. The Labute approximate surface area is 112 Å². The van der Waals surface area contributed by atoms with E-state index in [9.17, 15) is 0 Å². The van der Waals surface area contributed by atoms with Crippen LogP contribution in [0.5, 0.6) is 0 Å². The standard InChI is InChI=1S/C15H20N2S/c1-2-7-16-15(11-4-3-5-11)12-9-14-13(17-10-12)6-8-18-14/h6,8-11,15-16H,2-5,7H2,1H3. The molecule has 2 nitrogen and oxygen atoms in total. The maximum absolute atomic E-state index is 4.58. The molecule has 1 unspecified atom stereocenters. The fraction of sp³-hybridized carbons (Fsp3) is 0.533. The summed E-state index contributed by atoms with van der Waals surface area (Å²) in [6, 6.07) is 4.94. The highest BCUT2D eigenvalue weighted by Gasteiger charge is 2.28. The zero-order chi connectivity index (χ0) is 12.4. The van der Waals surface area contributed by atoms with E-state index in [1.807, 2.05) is 0 Å². The zero-order valence-electron chi connectivity index (χ0n) is 10.9. The summed E-state index contributed by atoms with van der Waals surface area (Å²) in [5, 5.41) is 5.83. The Balaban J connectivity index is 1.86. The van der Waals surface area contributed by atoms with E-state index in [1.165, 1.54) is 35.9 Å². The number of fused-ring (bicyclic) bond motifs is 1. The second-order valence-electron chi connectivity index (χ2n) is 5.20. The van der Waals surface area contributed by atoms with Crippen molar-refractivity contribution in [3.05, 3.63) is 29.3 Å². The summed E-state index contributed by atoms with van der Waals surface area (Å²) in [4.78, 5) is 4.58. The van der Waals surface area contributed by atoms with E-state index in [-0.39, 0.29) is 0 Å². The Bertz CT molecular complexity index is 516. The van der Waals surface area contributed by atoms with Crippen molar-refractivity contribution in [1.29, 1.82) is 0 Å². The van der Waals surface area contributed by atoms with Crippen molar-refractivity contribution in [2.45, 2.75) is 38.6 Å². The van der Waals surface area contributed by atoms with Gasteiger partial charge < -0.3 is 5.32 Å². The summed E-state index contributed by atoms with van der Waals surface area (Å²) < 4.78 is 1.31. The second kappa shape index (κ2) is 5.37. The Hall–Kier alpha value is -0.930. The summed E-state index contributed by atoms with van der Waals surface area (Å²) in [5.41, 5.74) is 2.51. The van der Waals surface area contributed by atoms with Crippen LogP contribution in [0.2, 0.25) is 0 Å². The Kier molecular flexibility index (Phi) is 3.62. The monoisotopic (exact) mass is 260 g/mol. The topological polar surface area (TPSA) is 24.9 Å². The van der Waals surface area contributed by atoms with Gasteiger partial charge in [-0.25, -0.2) is 0 Å². The van der Waals surface area contributed by atoms with Crippen LogP contribution in [0, 0.1) is 5.92 Å². The molecule has 96 valence electrons. The molecule has 1 saturated carbocycles. The van der Waals surface area contributed by atoms with Gasteiger partial charge in [-0.05, 0) is 54.8 Å². The largest absolute Gasteiger partial charge is 0.310 e. The molecule has 2 aromatic heterocycles. The van der Waals surface area contributed by atoms with Crippen molar-refractivity contribution in [3.63, 3.8) is 0 Å². The lowest BCUT2D eigenvalue weighted by Crippen LogP contribution is -2.32. The molecule has 0 spiro atoms. The van der Waals surface area contributed by atoms with Crippen LogP contribution < -0.4 is 5.32 Å². The number of aromatic nitrogens is 1. The molecule has 3 rings (SSSR count). The average molecular weight is 260 g/mol. The van der Waals surface area contributed by atoms with Gasteiger partial charge in [-0.3, -0.25) is 4.98 Å². The number of pyridine rings is 1. The van der Waals surface area contributed by atoms with Crippen molar-refractivity contribution in [2.75, 3.05) is 6.54 Å². The van der Waals surface area contributed by atoms with E-state index < -0.39 is 0 Å². The smallest absolute Gasteiger partial charge is 0.0809 e. The summed E-state index contributed by atoms with van der Waals surface area (Å²) >= 11 is 1.79. The maximum Gasteiger partial charge on any atom is 0.0809 e. The molecule has 0 aromatic carbocycles. The number of rotatable bonds is 5. The molecule has 3 heteroatoms. The molecule has 1 aliphatic rings. The third kappa shape index (κ3) is 2.29. The van der Waals surface area contributed by atoms with E-state index in [1.54, 1.807) is 11.3 Å². The van der Waals surface area contributed by atoms with Crippen LogP contribution in [0.15, 0.2) is 23.7 Å². The molecule has 2 heterocycles. The lowest BCUT2D eigenvalue weighted by Gasteiger charge is -2.34. The highest BCUT2D eigenvalue weighted by atomic mass is 32.1. The fourth-order valence-electron chi connectivity index (χ4n) is 2.66. The Morgan fingerprint density at radius 2 is 2.39 bits per heavy atom. The first kappa shape index (κ1) is 12.1. The zero-order valence-corrected chi connectivity index (χ0v) is 11.7. The summed E-state index contributed by atoms with van der Waals surface area (Å²) in [6.07, 6.45) is 7.38. The minimum absolute atomic E-state index is 0.512. The fourth-order valence-corrected chi connectivity index (χ4v) is 3.45. The van der Waals surface area contributed by atoms with Gasteiger partial charge >= 0.3 is 0 Å². The van der Waals surface area contributed by atoms with Gasteiger partial charge in [-0.15, -0.1) is 11.3 Å². The third-order valence-corrected chi connectivity index (χ3v) is 4.77. The van der Waals surface area contributed by atoms with Crippen LogP contribution in [0.1, 0.15) is 44.2 Å². The Morgan fingerprint density at radius 1 is 1.50 bits per heavy atom. The number of hydrogen-bond acceptors (Lipinski definition) is 3. The van der Waals surface area contributed by atoms with Gasteiger partial charge in [0, 0.05) is 12.2 Å². The summed E-state index contributed by atoms with van der Waals surface area (Å²) in [5.74, 6) is 0.816. The maximum atomic E-state index is 4.58. The SMILES string of the molecule is CCCNC(c1cnc2ccsc2c1)C1CCC1. The van der Waals surface area contributed by atoms with Gasteiger partial charge in [-0.1, -0.05) is 13.3 Å². The molecule has 1 N–H and O–H groups in total. The third-order valence-electron chi connectivity index (χ3n) is 3.92. The van der Waals surface area contributed by atoms with E-state index in [0.717, 1.165) is 18.0 Å². The van der Waals surface area contributed by atoms with Gasteiger partial charge in [0.2, 0.25) is 0 Å². The number of thiophene rings is 1. The van der Waals surface area contributed by atoms with Crippen molar-refractivity contribution in [1.82, 2.24) is 10.3 Å². The molecule has 0 aliphatic heterocycles. The first-order chi connectivity index (χ1) is 8.88. The molecule has 2 aromatic rings. The van der Waals surface area contributed by atoms with Crippen molar-refractivity contribution < 1.29 is 0 Å². The van der Waals surface area contributed by atoms with Crippen LogP contribution in [0.3, 0.4) is 0 Å². The van der Waals surface area contributed by atoms with Crippen LogP contribution in [0.25, 0.3) is 10.2 Å². The number of nitrogens with zero attached hydrogens (tertiary/aromatic N) is 1. The van der Waals surface area contributed by atoms with Crippen molar-refractivity contribution in [3.8, 4) is 0 Å². The van der Waals surface area contributed by atoms with Crippen LogP contribution in [-0.2, 0) is 0 Å². The second-order valence-corrected chi connectivity index (χ2v) is 6.14. The highest BCUT2D eigenvalue weighted by Crippen LogP contribution is 2.38. The molecular formula is C15H20N2S. The van der Waals surface area contributed by atoms with E-state index in [0.29, 0.717) is 6.04 Å². The predicted octanol–water partition coefficient (Wildman–Crippen LogP) is 4.14. The minimum Gasteiger partial charge on any atom is -0.310 e. The van der Waals surface area contributed by atoms with Crippen molar-refractivity contribution in [2.24, 2.45) is 5.92 Å². The normalized spacial score (nSPS) is 17.8. The van der Waals surface area contributed by atoms with E-state index >= 15 is 0 Å². The van der Waals surface area contributed by atoms with Gasteiger partial charge in [0.15, 0.2) is 0 Å². The lowest BCUT2D eigenvalue weighted by atomic mass is 9.77. The number of nitrogens with one attached hydrogen (secondary N) is 1.